The summed E-state index contributed by atoms with van der Waals surface area (Å²) in [5.41, 5.74) is 1.26. The number of aromatic nitrogens is 2. The summed E-state index contributed by atoms with van der Waals surface area (Å²) >= 11 is 9.51. The summed E-state index contributed by atoms with van der Waals surface area (Å²) in [4.78, 5) is 18.3. The summed E-state index contributed by atoms with van der Waals surface area (Å²) in [7, 11) is 1.68. The van der Waals surface area contributed by atoms with E-state index in [0.717, 1.165) is 4.47 Å². The van der Waals surface area contributed by atoms with E-state index in [4.69, 9.17) is 16.1 Å². The summed E-state index contributed by atoms with van der Waals surface area (Å²) in [5.74, 6) is 0.602. The van der Waals surface area contributed by atoms with Crippen LogP contribution in [-0.2, 0) is 6.54 Å². The van der Waals surface area contributed by atoms with Gasteiger partial charge in [0.1, 0.15) is 0 Å². The summed E-state index contributed by atoms with van der Waals surface area (Å²) in [6.07, 6.45) is 0. The lowest BCUT2D eigenvalue weighted by Crippen LogP contribution is -2.26. The average molecular weight is 407 g/mol. The molecule has 0 radical (unpaired) electrons. The topological polar surface area (TPSA) is 59.2 Å². The van der Waals surface area contributed by atoms with Gasteiger partial charge in [0.15, 0.2) is 0 Å². The average Bonchev–Trinajstić information content (AvgIpc) is 3.03. The monoisotopic (exact) mass is 405 g/mol. The first-order valence-electron chi connectivity index (χ1n) is 7.13. The van der Waals surface area contributed by atoms with Crippen molar-refractivity contribution in [2.75, 3.05) is 7.05 Å². The van der Waals surface area contributed by atoms with E-state index in [-0.39, 0.29) is 12.5 Å². The van der Waals surface area contributed by atoms with Crippen LogP contribution in [0.5, 0.6) is 0 Å². The van der Waals surface area contributed by atoms with E-state index in [1.165, 1.54) is 4.90 Å². The van der Waals surface area contributed by atoms with Crippen molar-refractivity contribution in [1.82, 2.24) is 15.0 Å². The molecule has 0 unspecified atom stereocenters. The molecule has 3 aromatic rings. The maximum Gasteiger partial charge on any atom is 0.255 e. The van der Waals surface area contributed by atoms with Crippen LogP contribution in [-0.4, -0.2) is 28.0 Å². The molecule has 122 valence electrons. The lowest BCUT2D eigenvalue weighted by atomic mass is 10.2. The second kappa shape index (κ2) is 7.15. The second-order valence-corrected chi connectivity index (χ2v) is 6.39. The van der Waals surface area contributed by atoms with Crippen LogP contribution in [0.15, 0.2) is 57.5 Å². The molecule has 5 nitrogen and oxygen atoms in total. The van der Waals surface area contributed by atoms with Crippen LogP contribution in [0.3, 0.4) is 0 Å². The predicted octanol–water partition coefficient (Wildman–Crippen LogP) is 4.42. The third kappa shape index (κ3) is 3.49. The molecular weight excluding hydrogens is 394 g/mol. The molecule has 1 aromatic heterocycles. The Morgan fingerprint density at radius 3 is 2.67 bits per heavy atom. The van der Waals surface area contributed by atoms with Crippen LogP contribution in [0.1, 0.15) is 16.2 Å². The highest BCUT2D eigenvalue weighted by atomic mass is 79.9. The highest BCUT2D eigenvalue weighted by molar-refractivity contribution is 9.10. The Balaban J connectivity index is 1.76. The van der Waals surface area contributed by atoms with Crippen LogP contribution in [0, 0.1) is 0 Å². The van der Waals surface area contributed by atoms with Gasteiger partial charge in [-0.15, -0.1) is 0 Å². The SMILES string of the molecule is CN(Cc1nc(-c2ccccc2Cl)no1)C(=O)c1ccccc1Br. The summed E-state index contributed by atoms with van der Waals surface area (Å²) in [6.45, 7) is 0.206. The quantitative estimate of drug-likeness (QED) is 0.643. The Kier molecular flexibility index (Phi) is 4.97. The first-order chi connectivity index (χ1) is 11.6. The molecule has 0 fully saturated rings. The normalized spacial score (nSPS) is 10.6. The predicted molar refractivity (Wildman–Crippen MR) is 94.7 cm³/mol. The van der Waals surface area contributed by atoms with Gasteiger partial charge in [0, 0.05) is 17.1 Å². The number of benzene rings is 2. The van der Waals surface area contributed by atoms with E-state index >= 15 is 0 Å². The third-order valence-corrected chi connectivity index (χ3v) is 4.43. The fourth-order valence-corrected chi connectivity index (χ4v) is 2.86. The number of amides is 1. The van der Waals surface area contributed by atoms with Crippen molar-refractivity contribution in [3.63, 3.8) is 0 Å². The van der Waals surface area contributed by atoms with Gasteiger partial charge >= 0.3 is 0 Å². The molecule has 3 rings (SSSR count). The van der Waals surface area contributed by atoms with Crippen LogP contribution in [0.2, 0.25) is 5.02 Å². The standard InChI is InChI=1S/C17H13BrClN3O2/c1-22(17(23)11-6-2-4-8-13(11)18)10-15-20-16(21-24-15)12-7-3-5-9-14(12)19/h2-9H,10H2,1H3. The lowest BCUT2D eigenvalue weighted by molar-refractivity contribution is 0.0768. The van der Waals surface area contributed by atoms with Crippen LogP contribution in [0.25, 0.3) is 11.4 Å². The fraction of sp³-hybridized carbons (Fsp3) is 0.118. The number of carbonyl (C=O) groups excluding carboxylic acids is 1. The van der Waals surface area contributed by atoms with Crippen LogP contribution in [0.4, 0.5) is 0 Å². The Morgan fingerprint density at radius 1 is 1.21 bits per heavy atom. The molecule has 0 bridgehead atoms. The maximum absolute atomic E-state index is 12.5. The highest BCUT2D eigenvalue weighted by Gasteiger charge is 2.18. The Hall–Kier alpha value is -2.18. The van der Waals surface area contributed by atoms with E-state index in [1.54, 1.807) is 19.2 Å². The molecule has 24 heavy (non-hydrogen) atoms. The minimum Gasteiger partial charge on any atom is -0.337 e. The van der Waals surface area contributed by atoms with Crippen molar-refractivity contribution in [3.05, 3.63) is 69.5 Å². The van der Waals surface area contributed by atoms with E-state index in [9.17, 15) is 4.79 Å². The molecule has 0 spiro atoms. The van der Waals surface area contributed by atoms with Gasteiger partial charge in [-0.05, 0) is 40.2 Å². The van der Waals surface area contributed by atoms with Gasteiger partial charge in [-0.25, -0.2) is 0 Å². The largest absolute Gasteiger partial charge is 0.337 e. The van der Waals surface area contributed by atoms with E-state index in [0.29, 0.717) is 27.9 Å². The zero-order chi connectivity index (χ0) is 17.1. The number of nitrogens with zero attached hydrogens (tertiary/aromatic N) is 3. The number of rotatable bonds is 4. The third-order valence-electron chi connectivity index (χ3n) is 3.41. The van der Waals surface area contributed by atoms with E-state index < -0.39 is 0 Å². The van der Waals surface area contributed by atoms with Gasteiger partial charge in [-0.2, -0.15) is 4.98 Å². The summed E-state index contributed by atoms with van der Waals surface area (Å²) < 4.78 is 5.98. The zero-order valence-electron chi connectivity index (χ0n) is 12.7. The molecule has 0 atom stereocenters. The van der Waals surface area contributed by atoms with Gasteiger partial charge in [-0.3, -0.25) is 4.79 Å². The molecule has 1 amide bonds. The first kappa shape index (κ1) is 16.7. The smallest absolute Gasteiger partial charge is 0.255 e. The van der Waals surface area contributed by atoms with Crippen LogP contribution >= 0.6 is 27.5 Å². The highest BCUT2D eigenvalue weighted by Crippen LogP contribution is 2.25. The molecule has 7 heteroatoms. The van der Waals surface area contributed by atoms with Crippen molar-refractivity contribution in [2.24, 2.45) is 0 Å². The van der Waals surface area contributed by atoms with Crippen molar-refractivity contribution in [1.29, 1.82) is 0 Å². The molecule has 0 aliphatic carbocycles. The van der Waals surface area contributed by atoms with Gasteiger partial charge in [0.05, 0.1) is 17.1 Å². The van der Waals surface area contributed by atoms with E-state index in [1.807, 2.05) is 36.4 Å². The molecule has 0 saturated heterocycles. The molecule has 0 aliphatic heterocycles. The minimum atomic E-state index is -0.139. The second-order valence-electron chi connectivity index (χ2n) is 5.13. The van der Waals surface area contributed by atoms with Crippen molar-refractivity contribution in [2.45, 2.75) is 6.54 Å². The Labute approximate surface area is 152 Å². The molecular formula is C17H13BrClN3O2. The summed E-state index contributed by atoms with van der Waals surface area (Å²) in [6, 6.07) is 14.5. The van der Waals surface area contributed by atoms with E-state index in [2.05, 4.69) is 26.1 Å². The van der Waals surface area contributed by atoms with Crippen molar-refractivity contribution < 1.29 is 9.32 Å². The zero-order valence-corrected chi connectivity index (χ0v) is 15.1. The van der Waals surface area contributed by atoms with Crippen molar-refractivity contribution >= 4 is 33.4 Å². The number of carbonyl (C=O) groups is 1. The van der Waals surface area contributed by atoms with Gasteiger partial charge in [0.25, 0.3) is 5.91 Å². The molecule has 0 saturated carbocycles. The summed E-state index contributed by atoms with van der Waals surface area (Å²) in [5, 5.41) is 4.48. The minimum absolute atomic E-state index is 0.139. The number of hydrogen-bond donors (Lipinski definition) is 0. The van der Waals surface area contributed by atoms with Crippen LogP contribution < -0.4 is 0 Å². The maximum atomic E-state index is 12.5. The number of halogens is 2. The Bertz CT molecular complexity index is 882. The molecule has 1 heterocycles. The van der Waals surface area contributed by atoms with Gasteiger partial charge < -0.3 is 9.42 Å². The van der Waals surface area contributed by atoms with Gasteiger partial charge in [-0.1, -0.05) is 41.0 Å². The first-order valence-corrected chi connectivity index (χ1v) is 8.31. The molecule has 0 N–H and O–H groups in total. The molecule has 0 aliphatic rings. The Morgan fingerprint density at radius 2 is 1.92 bits per heavy atom. The lowest BCUT2D eigenvalue weighted by Gasteiger charge is -2.15. The van der Waals surface area contributed by atoms with Gasteiger partial charge in [0.2, 0.25) is 11.7 Å². The fourth-order valence-electron chi connectivity index (χ4n) is 2.19. The number of hydrogen-bond acceptors (Lipinski definition) is 4. The van der Waals surface area contributed by atoms with Crippen molar-refractivity contribution in [3.8, 4) is 11.4 Å². The molecule has 2 aromatic carbocycles.